The summed E-state index contributed by atoms with van der Waals surface area (Å²) in [7, 11) is 0. The lowest BCUT2D eigenvalue weighted by molar-refractivity contribution is 1.33. The van der Waals surface area contributed by atoms with Crippen LogP contribution in [-0.4, -0.2) is 4.98 Å². The molecule has 0 amide bonds. The van der Waals surface area contributed by atoms with Crippen molar-refractivity contribution in [1.82, 2.24) is 4.98 Å². The Hall–Kier alpha value is -0.890. The van der Waals surface area contributed by atoms with Crippen molar-refractivity contribution < 1.29 is 0 Å². The Morgan fingerprint density at radius 3 is 2.08 bits per heavy atom. The zero-order valence-corrected chi connectivity index (χ0v) is 9.66. The molecule has 13 heavy (non-hydrogen) atoms. The predicted molar refractivity (Wildman–Crippen MR) is 62.9 cm³/mol. The van der Waals surface area contributed by atoms with E-state index in [0.29, 0.717) is 0 Å². The Balaban J connectivity index is 0.000000671. The topological polar surface area (TPSA) is 12.9 Å². The SMILES string of the molecule is C=C(C)c1ncsc1C(=C)C.CC. The molecule has 1 aromatic rings. The van der Waals surface area contributed by atoms with Crippen molar-refractivity contribution in [1.29, 1.82) is 0 Å². The number of hydrogen-bond acceptors (Lipinski definition) is 2. The van der Waals surface area contributed by atoms with E-state index in [1.807, 2.05) is 33.2 Å². The van der Waals surface area contributed by atoms with Crippen LogP contribution in [0, 0.1) is 0 Å². The third-order valence-corrected chi connectivity index (χ3v) is 2.35. The van der Waals surface area contributed by atoms with Gasteiger partial charge in [-0.3, -0.25) is 0 Å². The van der Waals surface area contributed by atoms with Gasteiger partial charge in [-0.25, -0.2) is 4.98 Å². The van der Waals surface area contributed by atoms with Crippen molar-refractivity contribution in [2.24, 2.45) is 0 Å². The summed E-state index contributed by atoms with van der Waals surface area (Å²) in [5.41, 5.74) is 4.88. The van der Waals surface area contributed by atoms with Gasteiger partial charge in [0.05, 0.1) is 16.1 Å². The molecule has 1 rings (SSSR count). The summed E-state index contributed by atoms with van der Waals surface area (Å²) in [6.07, 6.45) is 0. The first-order chi connectivity index (χ1) is 6.13. The highest BCUT2D eigenvalue weighted by Crippen LogP contribution is 2.25. The largest absolute Gasteiger partial charge is 0.244 e. The minimum atomic E-state index is 0.988. The number of rotatable bonds is 2. The zero-order valence-electron chi connectivity index (χ0n) is 8.85. The lowest BCUT2D eigenvalue weighted by Gasteiger charge is -1.98. The molecule has 0 aliphatic carbocycles. The van der Waals surface area contributed by atoms with Gasteiger partial charge < -0.3 is 0 Å². The molecule has 0 aliphatic rings. The van der Waals surface area contributed by atoms with E-state index in [1.165, 1.54) is 0 Å². The third-order valence-electron chi connectivity index (χ3n) is 1.36. The summed E-state index contributed by atoms with van der Waals surface area (Å²) in [4.78, 5) is 5.35. The van der Waals surface area contributed by atoms with Gasteiger partial charge >= 0.3 is 0 Å². The minimum absolute atomic E-state index is 0.988. The van der Waals surface area contributed by atoms with Crippen molar-refractivity contribution in [2.45, 2.75) is 27.7 Å². The minimum Gasteiger partial charge on any atom is -0.244 e. The summed E-state index contributed by atoms with van der Waals surface area (Å²) < 4.78 is 0. The molecule has 1 heterocycles. The highest BCUT2D eigenvalue weighted by molar-refractivity contribution is 7.11. The van der Waals surface area contributed by atoms with Crippen LogP contribution < -0.4 is 0 Å². The normalized spacial score (nSPS) is 8.62. The first kappa shape index (κ1) is 12.1. The summed E-state index contributed by atoms with van der Waals surface area (Å²) in [6, 6.07) is 0. The number of allylic oxidation sites excluding steroid dienone is 2. The number of thiazole rings is 1. The molecule has 2 heteroatoms. The van der Waals surface area contributed by atoms with Crippen LogP contribution >= 0.6 is 11.3 Å². The van der Waals surface area contributed by atoms with Crippen molar-refractivity contribution in [3.8, 4) is 0 Å². The van der Waals surface area contributed by atoms with Crippen LogP contribution in [0.4, 0.5) is 0 Å². The fourth-order valence-electron chi connectivity index (χ4n) is 0.853. The maximum absolute atomic E-state index is 4.20. The molecule has 0 atom stereocenters. The molecule has 0 saturated carbocycles. The van der Waals surface area contributed by atoms with Gasteiger partial charge in [0.1, 0.15) is 0 Å². The summed E-state index contributed by atoms with van der Waals surface area (Å²) in [5, 5.41) is 0. The van der Waals surface area contributed by atoms with E-state index in [4.69, 9.17) is 0 Å². The molecule has 0 fully saturated rings. The molecule has 0 aliphatic heterocycles. The van der Waals surface area contributed by atoms with Gasteiger partial charge in [-0.2, -0.15) is 0 Å². The van der Waals surface area contributed by atoms with Gasteiger partial charge in [-0.05, 0) is 25.0 Å². The first-order valence-corrected chi connectivity index (χ1v) is 5.26. The summed E-state index contributed by atoms with van der Waals surface area (Å²) >= 11 is 1.61. The van der Waals surface area contributed by atoms with E-state index in [2.05, 4.69) is 18.1 Å². The van der Waals surface area contributed by atoms with Crippen LogP contribution in [0.1, 0.15) is 38.3 Å². The quantitative estimate of drug-likeness (QED) is 0.688. The van der Waals surface area contributed by atoms with E-state index < -0.39 is 0 Å². The highest BCUT2D eigenvalue weighted by atomic mass is 32.1. The Bertz CT molecular complexity index is 268. The van der Waals surface area contributed by atoms with Gasteiger partial charge in [-0.1, -0.05) is 27.0 Å². The number of nitrogens with zero attached hydrogens (tertiary/aromatic N) is 1. The van der Waals surface area contributed by atoms with Crippen LogP contribution in [0.5, 0.6) is 0 Å². The third kappa shape index (κ3) is 3.15. The Kier molecular flexibility index (Phi) is 5.31. The van der Waals surface area contributed by atoms with Crippen LogP contribution in [0.3, 0.4) is 0 Å². The highest BCUT2D eigenvalue weighted by Gasteiger charge is 2.05. The van der Waals surface area contributed by atoms with E-state index in [0.717, 1.165) is 21.7 Å². The molecular formula is C11H17NS. The smallest absolute Gasteiger partial charge is 0.0837 e. The van der Waals surface area contributed by atoms with Crippen LogP contribution in [-0.2, 0) is 0 Å². The second-order valence-corrected chi connectivity index (χ2v) is 3.45. The van der Waals surface area contributed by atoms with E-state index in [1.54, 1.807) is 11.3 Å². The summed E-state index contributed by atoms with van der Waals surface area (Å²) in [5.74, 6) is 0. The average molecular weight is 195 g/mol. The molecule has 0 spiro atoms. The van der Waals surface area contributed by atoms with Gasteiger partial charge in [0, 0.05) is 0 Å². The predicted octanol–water partition coefficient (Wildman–Crippen LogP) is 4.24. The molecule has 0 N–H and O–H groups in total. The van der Waals surface area contributed by atoms with Gasteiger partial charge in [-0.15, -0.1) is 11.3 Å². The van der Waals surface area contributed by atoms with E-state index >= 15 is 0 Å². The fourth-order valence-corrected chi connectivity index (χ4v) is 1.66. The van der Waals surface area contributed by atoms with Crippen LogP contribution in [0.25, 0.3) is 11.1 Å². The van der Waals surface area contributed by atoms with Gasteiger partial charge in [0.15, 0.2) is 0 Å². The van der Waals surface area contributed by atoms with Crippen molar-refractivity contribution >= 4 is 22.5 Å². The Morgan fingerprint density at radius 2 is 1.77 bits per heavy atom. The molecule has 0 bridgehead atoms. The van der Waals surface area contributed by atoms with Gasteiger partial charge in [0.2, 0.25) is 0 Å². The Morgan fingerprint density at radius 1 is 1.23 bits per heavy atom. The van der Waals surface area contributed by atoms with E-state index in [-0.39, 0.29) is 0 Å². The average Bonchev–Trinajstić information content (AvgIpc) is 2.55. The molecule has 72 valence electrons. The zero-order chi connectivity index (χ0) is 10.4. The van der Waals surface area contributed by atoms with Crippen molar-refractivity contribution in [3.63, 3.8) is 0 Å². The Labute approximate surface area is 84.8 Å². The molecule has 1 nitrogen and oxygen atoms in total. The van der Waals surface area contributed by atoms with E-state index in [9.17, 15) is 0 Å². The van der Waals surface area contributed by atoms with Gasteiger partial charge in [0.25, 0.3) is 0 Å². The lowest BCUT2D eigenvalue weighted by Crippen LogP contribution is -1.82. The number of aromatic nitrogens is 1. The summed E-state index contributed by atoms with van der Waals surface area (Å²) in [6.45, 7) is 15.7. The second-order valence-electron chi connectivity index (χ2n) is 2.59. The second kappa shape index (κ2) is 5.70. The first-order valence-electron chi connectivity index (χ1n) is 4.38. The standard InChI is InChI=1S/C9H11NS.C2H6/c1-6(2)8-9(7(3)4)11-5-10-8;1-2/h5H,1,3H2,2,4H3;1-2H3. The monoisotopic (exact) mass is 195 g/mol. The maximum atomic E-state index is 4.20. The molecule has 0 saturated heterocycles. The maximum Gasteiger partial charge on any atom is 0.0837 e. The van der Waals surface area contributed by atoms with Crippen LogP contribution in [0.15, 0.2) is 18.7 Å². The molecule has 0 unspecified atom stereocenters. The van der Waals surface area contributed by atoms with Crippen LogP contribution in [0.2, 0.25) is 0 Å². The molecule has 0 aromatic carbocycles. The number of hydrogen-bond donors (Lipinski definition) is 0. The lowest BCUT2D eigenvalue weighted by atomic mass is 10.1. The fraction of sp³-hybridized carbons (Fsp3) is 0.364. The van der Waals surface area contributed by atoms with Crippen molar-refractivity contribution in [2.75, 3.05) is 0 Å². The van der Waals surface area contributed by atoms with Crippen molar-refractivity contribution in [3.05, 3.63) is 29.2 Å². The molecule has 0 radical (unpaired) electrons. The molecular weight excluding hydrogens is 178 g/mol. The molecule has 1 aromatic heterocycles.